The molecule has 3 rings (SSSR count). The van der Waals surface area contributed by atoms with Gasteiger partial charge in [0.2, 0.25) is 11.8 Å². The SMILES string of the molecule is COCC(NC(=O)c1ccon1)C(=O)N[C@@H](COC)C(=O)NC(Cc1ccccc1)C(=O)[C@@]1(C)CO1. The number of carbonyl (C=O) groups excluding carboxylic acids is 4. The number of Topliss-reactive ketones (excluding diaryl/α,β-unsaturated/α-hetero) is 1. The first-order chi connectivity index (χ1) is 17.3. The van der Waals surface area contributed by atoms with Crippen LogP contribution in [0.2, 0.25) is 0 Å². The van der Waals surface area contributed by atoms with Crippen molar-refractivity contribution < 1.29 is 37.9 Å². The summed E-state index contributed by atoms with van der Waals surface area (Å²) >= 11 is 0. The summed E-state index contributed by atoms with van der Waals surface area (Å²) in [5.41, 5.74) is -0.126. The van der Waals surface area contributed by atoms with Gasteiger partial charge in [-0.1, -0.05) is 35.5 Å². The lowest BCUT2D eigenvalue weighted by molar-refractivity contribution is -0.134. The van der Waals surface area contributed by atoms with Gasteiger partial charge in [0.15, 0.2) is 11.5 Å². The van der Waals surface area contributed by atoms with Crippen molar-refractivity contribution in [3.8, 4) is 0 Å². The average Bonchev–Trinajstić information content (AvgIpc) is 3.38. The summed E-state index contributed by atoms with van der Waals surface area (Å²) < 4.78 is 20.1. The number of benzene rings is 1. The fourth-order valence-electron chi connectivity index (χ4n) is 3.48. The van der Waals surface area contributed by atoms with E-state index < -0.39 is 41.4 Å². The second-order valence-electron chi connectivity index (χ2n) is 8.52. The molecule has 2 heterocycles. The van der Waals surface area contributed by atoms with Crippen LogP contribution in [-0.4, -0.2) is 86.4 Å². The Hall–Kier alpha value is -3.61. The van der Waals surface area contributed by atoms with E-state index >= 15 is 0 Å². The summed E-state index contributed by atoms with van der Waals surface area (Å²) in [7, 11) is 2.74. The van der Waals surface area contributed by atoms with Crippen LogP contribution in [0, 0.1) is 0 Å². The van der Waals surface area contributed by atoms with Gasteiger partial charge in [-0.25, -0.2) is 0 Å². The van der Waals surface area contributed by atoms with Crippen molar-refractivity contribution in [1.29, 1.82) is 0 Å². The van der Waals surface area contributed by atoms with Crippen LogP contribution < -0.4 is 16.0 Å². The second kappa shape index (κ2) is 12.4. The van der Waals surface area contributed by atoms with Gasteiger partial charge < -0.3 is 34.7 Å². The molecule has 0 aliphatic carbocycles. The van der Waals surface area contributed by atoms with Crippen LogP contribution in [0.1, 0.15) is 23.0 Å². The summed E-state index contributed by atoms with van der Waals surface area (Å²) in [6.45, 7) is 1.60. The van der Waals surface area contributed by atoms with Gasteiger partial charge in [-0.2, -0.15) is 0 Å². The third-order valence-corrected chi connectivity index (χ3v) is 5.61. The summed E-state index contributed by atoms with van der Waals surface area (Å²) in [5, 5.41) is 11.3. The Balaban J connectivity index is 1.70. The van der Waals surface area contributed by atoms with Gasteiger partial charge in [0, 0.05) is 20.3 Å². The van der Waals surface area contributed by atoms with Crippen LogP contribution in [0.3, 0.4) is 0 Å². The van der Waals surface area contributed by atoms with E-state index in [1.165, 1.54) is 26.5 Å². The Kier molecular flexibility index (Phi) is 9.28. The first-order valence-electron chi connectivity index (χ1n) is 11.3. The number of rotatable bonds is 14. The molecule has 12 nitrogen and oxygen atoms in total. The lowest BCUT2D eigenvalue weighted by atomic mass is 9.94. The van der Waals surface area contributed by atoms with Crippen LogP contribution in [0.5, 0.6) is 0 Å². The normalized spacial score (nSPS) is 19.0. The van der Waals surface area contributed by atoms with Crippen molar-refractivity contribution in [2.45, 2.75) is 37.1 Å². The second-order valence-corrected chi connectivity index (χ2v) is 8.52. The summed E-state index contributed by atoms with van der Waals surface area (Å²) in [4.78, 5) is 51.5. The van der Waals surface area contributed by atoms with E-state index in [9.17, 15) is 19.2 Å². The van der Waals surface area contributed by atoms with Crippen molar-refractivity contribution in [1.82, 2.24) is 21.1 Å². The third-order valence-electron chi connectivity index (χ3n) is 5.61. The molecule has 0 saturated carbocycles. The number of ether oxygens (including phenoxy) is 3. The Morgan fingerprint density at radius 1 is 0.944 bits per heavy atom. The molecule has 0 spiro atoms. The highest BCUT2D eigenvalue weighted by Gasteiger charge is 2.50. The maximum absolute atomic E-state index is 13.2. The average molecular weight is 503 g/mol. The smallest absolute Gasteiger partial charge is 0.274 e. The standard InChI is InChI=1S/C24H30N4O8/c1-24(14-35-24)20(29)17(11-15-7-5-4-6-8-15)25-22(31)18(12-33-2)27-23(32)19(13-34-3)26-21(30)16-9-10-36-28-16/h4-10,17-19H,11-14H2,1-3H3,(H,25,31)(H,26,30)(H,27,32)/t17?,18-,19?,24+/m0/s1. The van der Waals surface area contributed by atoms with Crippen LogP contribution in [0.25, 0.3) is 0 Å². The van der Waals surface area contributed by atoms with Gasteiger partial charge in [-0.3, -0.25) is 19.2 Å². The minimum absolute atomic E-state index is 0.0202. The Morgan fingerprint density at radius 3 is 2.06 bits per heavy atom. The number of aromatic nitrogens is 1. The Morgan fingerprint density at radius 2 is 1.53 bits per heavy atom. The molecule has 1 fully saturated rings. The topological polar surface area (TPSA) is 161 Å². The monoisotopic (exact) mass is 502 g/mol. The largest absolute Gasteiger partial charge is 0.382 e. The van der Waals surface area contributed by atoms with Gasteiger partial charge in [-0.05, 0) is 18.9 Å². The molecule has 0 radical (unpaired) electrons. The van der Waals surface area contributed by atoms with Gasteiger partial charge in [0.25, 0.3) is 5.91 Å². The van der Waals surface area contributed by atoms with Crippen molar-refractivity contribution in [3.05, 3.63) is 53.9 Å². The van der Waals surface area contributed by atoms with E-state index in [1.807, 2.05) is 30.3 Å². The predicted molar refractivity (Wildman–Crippen MR) is 125 cm³/mol. The van der Waals surface area contributed by atoms with Crippen molar-refractivity contribution in [2.24, 2.45) is 0 Å². The van der Waals surface area contributed by atoms with Gasteiger partial charge in [0.1, 0.15) is 23.9 Å². The highest BCUT2D eigenvalue weighted by molar-refractivity contribution is 5.99. The molecule has 36 heavy (non-hydrogen) atoms. The lowest BCUT2D eigenvalue weighted by Crippen LogP contribution is -2.59. The maximum atomic E-state index is 13.2. The summed E-state index contributed by atoms with van der Waals surface area (Å²) in [6, 6.07) is 7.41. The molecule has 2 aromatic rings. The zero-order valence-electron chi connectivity index (χ0n) is 20.3. The first-order valence-corrected chi connectivity index (χ1v) is 11.3. The number of epoxide rings is 1. The molecule has 12 heteroatoms. The molecule has 3 amide bonds. The molecule has 1 aliphatic heterocycles. The zero-order chi connectivity index (χ0) is 26.1. The van der Waals surface area contributed by atoms with Crippen LogP contribution in [0.4, 0.5) is 0 Å². The molecular formula is C24H30N4O8. The Labute approximate surface area is 208 Å². The maximum Gasteiger partial charge on any atom is 0.274 e. The molecule has 1 aliphatic rings. The fraction of sp³-hybridized carbons (Fsp3) is 0.458. The molecule has 1 saturated heterocycles. The number of nitrogens with one attached hydrogen (secondary N) is 3. The van der Waals surface area contributed by atoms with Gasteiger partial charge in [-0.15, -0.1) is 0 Å². The van der Waals surface area contributed by atoms with E-state index in [-0.39, 0.29) is 37.7 Å². The molecular weight excluding hydrogens is 472 g/mol. The van der Waals surface area contributed by atoms with Crippen LogP contribution >= 0.6 is 0 Å². The number of amides is 3. The zero-order valence-corrected chi connectivity index (χ0v) is 20.3. The molecule has 1 aromatic heterocycles. The lowest BCUT2D eigenvalue weighted by Gasteiger charge is -2.25. The quantitative estimate of drug-likeness (QED) is 0.293. The number of hydrogen-bond acceptors (Lipinski definition) is 9. The van der Waals surface area contributed by atoms with Crippen molar-refractivity contribution in [3.63, 3.8) is 0 Å². The third kappa shape index (κ3) is 7.20. The number of methoxy groups -OCH3 is 2. The fourth-order valence-corrected chi connectivity index (χ4v) is 3.48. The van der Waals surface area contributed by atoms with Gasteiger partial charge >= 0.3 is 0 Å². The van der Waals surface area contributed by atoms with Crippen LogP contribution in [0.15, 0.2) is 47.2 Å². The predicted octanol–water partition coefficient (Wildman–Crippen LogP) is -0.364. The van der Waals surface area contributed by atoms with Crippen molar-refractivity contribution >= 4 is 23.5 Å². The van der Waals surface area contributed by atoms with E-state index in [4.69, 9.17) is 14.2 Å². The Bertz CT molecular complexity index is 1040. The molecule has 1 aromatic carbocycles. The molecule has 2 unspecified atom stereocenters. The minimum Gasteiger partial charge on any atom is -0.382 e. The first kappa shape index (κ1) is 27.0. The number of nitrogens with zero attached hydrogens (tertiary/aromatic N) is 1. The van der Waals surface area contributed by atoms with E-state index in [0.29, 0.717) is 0 Å². The summed E-state index contributed by atoms with van der Waals surface area (Å²) in [6.07, 6.45) is 1.47. The molecule has 4 atom stereocenters. The van der Waals surface area contributed by atoms with E-state index in [2.05, 4.69) is 25.6 Å². The van der Waals surface area contributed by atoms with E-state index in [1.54, 1.807) is 6.92 Å². The van der Waals surface area contributed by atoms with Crippen molar-refractivity contribution in [2.75, 3.05) is 34.0 Å². The number of hydrogen-bond donors (Lipinski definition) is 3. The van der Waals surface area contributed by atoms with Gasteiger partial charge in [0.05, 0.1) is 25.9 Å². The summed E-state index contributed by atoms with van der Waals surface area (Å²) in [5.74, 6) is -2.23. The van der Waals surface area contributed by atoms with Crippen LogP contribution in [-0.2, 0) is 35.0 Å². The number of carbonyl (C=O) groups is 4. The number of ketones is 1. The van der Waals surface area contributed by atoms with E-state index in [0.717, 1.165) is 5.56 Å². The minimum atomic E-state index is -1.15. The molecule has 194 valence electrons. The molecule has 0 bridgehead atoms. The highest BCUT2D eigenvalue weighted by Crippen LogP contribution is 2.29. The highest BCUT2D eigenvalue weighted by atomic mass is 16.6. The molecule has 3 N–H and O–H groups in total.